The Kier molecular flexibility index (Phi) is 7.43. The second kappa shape index (κ2) is 11.0. The van der Waals surface area contributed by atoms with Crippen LogP contribution in [0.4, 0.5) is 11.5 Å². The summed E-state index contributed by atoms with van der Waals surface area (Å²) in [4.78, 5) is 23.4. The molecule has 1 amide bonds. The second-order valence-corrected chi connectivity index (χ2v) is 13.0. The Hall–Kier alpha value is -3.18. The fourth-order valence-electron chi connectivity index (χ4n) is 6.34. The van der Waals surface area contributed by atoms with E-state index in [2.05, 4.69) is 15.7 Å². The number of anilines is 2. The molecule has 3 aliphatic rings. The van der Waals surface area contributed by atoms with Crippen LogP contribution >= 0.6 is 0 Å². The zero-order chi connectivity index (χ0) is 27.9. The largest absolute Gasteiger partial charge is 0.378 e. The third kappa shape index (κ3) is 5.41. The number of aryl methyl sites for hydroxylation is 2. The first-order chi connectivity index (χ1) is 19.3. The minimum atomic E-state index is -3.54. The van der Waals surface area contributed by atoms with E-state index >= 15 is 0 Å². The number of carbonyl (C=O) groups excluding carboxylic acids is 1. The quantitative estimate of drug-likeness (QED) is 0.467. The summed E-state index contributed by atoms with van der Waals surface area (Å²) in [5.74, 6) is 0.942. The highest BCUT2D eigenvalue weighted by Crippen LogP contribution is 2.36. The van der Waals surface area contributed by atoms with Gasteiger partial charge in [-0.15, -0.1) is 0 Å². The number of nitrogens with zero attached hydrogens (tertiary/aromatic N) is 5. The Morgan fingerprint density at radius 2 is 1.82 bits per heavy atom. The molecule has 0 bridgehead atoms. The van der Waals surface area contributed by atoms with Crippen LogP contribution in [-0.2, 0) is 27.6 Å². The highest BCUT2D eigenvalue weighted by Gasteiger charge is 2.33. The van der Waals surface area contributed by atoms with Crippen LogP contribution in [0.25, 0.3) is 5.65 Å². The van der Waals surface area contributed by atoms with Gasteiger partial charge in [0.2, 0.25) is 10.0 Å². The van der Waals surface area contributed by atoms with Crippen molar-refractivity contribution < 1.29 is 17.9 Å². The lowest BCUT2D eigenvalue weighted by Crippen LogP contribution is -2.39. The summed E-state index contributed by atoms with van der Waals surface area (Å²) in [6.45, 7) is 5.51. The van der Waals surface area contributed by atoms with Crippen molar-refractivity contribution >= 4 is 33.1 Å². The summed E-state index contributed by atoms with van der Waals surface area (Å²) in [6.07, 6.45) is 9.25. The number of benzene rings is 1. The first-order valence-corrected chi connectivity index (χ1v) is 16.3. The normalized spacial score (nSPS) is 20.3. The molecule has 1 unspecified atom stereocenters. The Balaban J connectivity index is 1.41. The molecule has 0 spiro atoms. The van der Waals surface area contributed by atoms with Crippen molar-refractivity contribution in [3.8, 4) is 0 Å². The smallest absolute Gasteiger partial charge is 0.256 e. The molecule has 0 saturated carbocycles. The van der Waals surface area contributed by atoms with Gasteiger partial charge in [-0.3, -0.25) is 9.52 Å². The number of aromatic nitrogens is 3. The molecule has 214 valence electrons. The van der Waals surface area contributed by atoms with Gasteiger partial charge in [0, 0.05) is 37.0 Å². The zero-order valence-corrected chi connectivity index (χ0v) is 24.2. The number of hydrogen-bond acceptors (Lipinski definition) is 7. The van der Waals surface area contributed by atoms with E-state index in [9.17, 15) is 13.2 Å². The molecule has 2 fully saturated rings. The van der Waals surface area contributed by atoms with E-state index < -0.39 is 10.0 Å². The molecule has 40 heavy (non-hydrogen) atoms. The third-order valence-corrected chi connectivity index (χ3v) is 8.83. The predicted molar refractivity (Wildman–Crippen MR) is 155 cm³/mol. The van der Waals surface area contributed by atoms with Gasteiger partial charge in [0.25, 0.3) is 5.91 Å². The Morgan fingerprint density at radius 3 is 2.62 bits per heavy atom. The summed E-state index contributed by atoms with van der Waals surface area (Å²) in [5.41, 5.74) is 5.69. The lowest BCUT2D eigenvalue weighted by molar-refractivity contribution is 0.0606. The van der Waals surface area contributed by atoms with E-state index in [1.807, 2.05) is 22.4 Å². The van der Waals surface area contributed by atoms with Crippen molar-refractivity contribution in [3.63, 3.8) is 0 Å². The Bertz CT molecular complexity index is 1530. The summed E-state index contributed by atoms with van der Waals surface area (Å²) in [5, 5.41) is 5.14. The Labute approximate surface area is 235 Å². The van der Waals surface area contributed by atoms with E-state index in [1.54, 1.807) is 12.1 Å². The molecular formula is C29H38N6O4S. The number of ether oxygens (including phenoxy) is 1. The summed E-state index contributed by atoms with van der Waals surface area (Å²) < 4.78 is 34.3. The number of carbonyl (C=O) groups is 1. The van der Waals surface area contributed by atoms with Gasteiger partial charge in [-0.05, 0) is 64.0 Å². The van der Waals surface area contributed by atoms with Gasteiger partial charge in [-0.1, -0.05) is 18.1 Å². The molecule has 6 rings (SSSR count). The van der Waals surface area contributed by atoms with Crippen LogP contribution in [0, 0.1) is 6.92 Å². The van der Waals surface area contributed by atoms with Crippen molar-refractivity contribution in [2.24, 2.45) is 0 Å². The molecule has 1 aromatic carbocycles. The van der Waals surface area contributed by atoms with Crippen LogP contribution in [-0.4, -0.2) is 72.9 Å². The molecule has 11 heteroatoms. The molecule has 2 aliphatic heterocycles. The van der Waals surface area contributed by atoms with E-state index in [4.69, 9.17) is 14.8 Å². The lowest BCUT2D eigenvalue weighted by atomic mass is 9.97. The number of sulfonamides is 1. The number of fused-ring (bicyclic) bond motifs is 2. The topological polar surface area (TPSA) is 109 Å². The first kappa shape index (κ1) is 27.0. The third-order valence-electron chi connectivity index (χ3n) is 8.23. The molecule has 1 atom stereocenters. The number of morpholine rings is 1. The Morgan fingerprint density at radius 1 is 1.02 bits per heavy atom. The van der Waals surface area contributed by atoms with Crippen molar-refractivity contribution in [1.82, 2.24) is 19.5 Å². The summed E-state index contributed by atoms with van der Waals surface area (Å²) >= 11 is 0. The molecule has 1 N–H and O–H groups in total. The van der Waals surface area contributed by atoms with Crippen LogP contribution in [0.5, 0.6) is 0 Å². The lowest BCUT2D eigenvalue weighted by Gasteiger charge is -2.35. The number of rotatable bonds is 5. The highest BCUT2D eigenvalue weighted by molar-refractivity contribution is 7.92. The number of amides is 1. The van der Waals surface area contributed by atoms with Gasteiger partial charge in [0.05, 0.1) is 42.5 Å². The van der Waals surface area contributed by atoms with Crippen LogP contribution in [0.15, 0.2) is 24.3 Å². The molecule has 1 aliphatic carbocycles. The molecule has 4 heterocycles. The fraction of sp³-hybridized carbons (Fsp3) is 0.552. The van der Waals surface area contributed by atoms with Crippen LogP contribution in [0.1, 0.15) is 77.4 Å². The maximum absolute atomic E-state index is 14.0. The standard InChI is InChI=1S/C29H38N6O4S/c1-20-11-12-24(32-40(2,37)38)22(18-20)29(36)34-13-7-6-10-26(34)25-19-27-30-23-9-5-3-4-8-21(23)28(35(27)31-25)33-14-16-39-17-15-33/h11-12,18-19,26,32H,3-10,13-17H2,1-2H3. The maximum Gasteiger partial charge on any atom is 0.256 e. The van der Waals surface area contributed by atoms with E-state index in [-0.39, 0.29) is 11.9 Å². The van der Waals surface area contributed by atoms with E-state index in [0.29, 0.717) is 31.0 Å². The number of piperidine rings is 1. The van der Waals surface area contributed by atoms with Crippen molar-refractivity contribution in [3.05, 3.63) is 52.3 Å². The SMILES string of the molecule is Cc1ccc(NS(C)(=O)=O)c(C(=O)N2CCCCC2c2cc3nc4c(c(N5CCOCC5)n3n2)CCCCC4)c1. The molecular weight excluding hydrogens is 528 g/mol. The molecule has 2 saturated heterocycles. The van der Waals surface area contributed by atoms with E-state index in [0.717, 1.165) is 87.0 Å². The molecule has 2 aromatic heterocycles. The minimum Gasteiger partial charge on any atom is -0.378 e. The van der Waals surface area contributed by atoms with Gasteiger partial charge in [0.1, 0.15) is 5.82 Å². The number of hydrogen-bond donors (Lipinski definition) is 1. The molecule has 10 nitrogen and oxygen atoms in total. The van der Waals surface area contributed by atoms with Crippen LogP contribution in [0.2, 0.25) is 0 Å². The molecule has 3 aromatic rings. The molecule has 0 radical (unpaired) electrons. The van der Waals surface area contributed by atoms with Crippen molar-refractivity contribution in [2.45, 2.75) is 64.3 Å². The highest BCUT2D eigenvalue weighted by atomic mass is 32.2. The van der Waals surface area contributed by atoms with Crippen molar-refractivity contribution in [2.75, 3.05) is 48.7 Å². The fourth-order valence-corrected chi connectivity index (χ4v) is 6.92. The number of likely N-dealkylation sites (tertiary alicyclic amines) is 1. The van der Waals surface area contributed by atoms with Gasteiger partial charge < -0.3 is 14.5 Å². The minimum absolute atomic E-state index is 0.186. The van der Waals surface area contributed by atoms with Gasteiger partial charge in [-0.2, -0.15) is 9.61 Å². The monoisotopic (exact) mass is 566 g/mol. The summed E-state index contributed by atoms with van der Waals surface area (Å²) in [7, 11) is -3.54. The average molecular weight is 567 g/mol. The van der Waals surface area contributed by atoms with Crippen molar-refractivity contribution in [1.29, 1.82) is 0 Å². The van der Waals surface area contributed by atoms with Gasteiger partial charge in [-0.25, -0.2) is 13.4 Å². The van der Waals surface area contributed by atoms with E-state index in [1.165, 1.54) is 17.7 Å². The first-order valence-electron chi connectivity index (χ1n) is 14.4. The second-order valence-electron chi connectivity index (χ2n) is 11.3. The van der Waals surface area contributed by atoms with Crippen LogP contribution < -0.4 is 9.62 Å². The predicted octanol–water partition coefficient (Wildman–Crippen LogP) is 3.88. The number of nitrogens with one attached hydrogen (secondary N) is 1. The zero-order valence-electron chi connectivity index (χ0n) is 23.4. The maximum atomic E-state index is 14.0. The van der Waals surface area contributed by atoms with Gasteiger partial charge in [0.15, 0.2) is 5.65 Å². The van der Waals surface area contributed by atoms with Gasteiger partial charge >= 0.3 is 0 Å². The average Bonchev–Trinajstić information content (AvgIpc) is 3.22. The van der Waals surface area contributed by atoms with Crippen LogP contribution in [0.3, 0.4) is 0 Å². The summed E-state index contributed by atoms with van der Waals surface area (Å²) in [6, 6.07) is 7.08.